The zero-order valence-electron chi connectivity index (χ0n) is 10.6. The quantitative estimate of drug-likeness (QED) is 0.690. The lowest BCUT2D eigenvalue weighted by atomic mass is 10.3. The molecule has 0 radical (unpaired) electrons. The van der Waals surface area contributed by atoms with Crippen LogP contribution in [0.1, 0.15) is 6.42 Å². The largest absolute Gasteiger partial charge is 0.396 e. The summed E-state index contributed by atoms with van der Waals surface area (Å²) in [6.45, 7) is 3.03. The van der Waals surface area contributed by atoms with Crippen molar-refractivity contribution in [2.75, 3.05) is 51.2 Å². The van der Waals surface area contributed by atoms with Gasteiger partial charge in [0, 0.05) is 40.1 Å². The van der Waals surface area contributed by atoms with Crippen molar-refractivity contribution in [1.29, 1.82) is 0 Å². The van der Waals surface area contributed by atoms with E-state index in [4.69, 9.17) is 15.2 Å². The molecule has 96 valence electrons. The number of nitrogens with two attached hydrogens (primary N) is 1. The van der Waals surface area contributed by atoms with Crippen LogP contribution >= 0.6 is 0 Å². The summed E-state index contributed by atoms with van der Waals surface area (Å²) in [4.78, 5) is 6.44. The molecule has 0 atom stereocenters. The number of anilines is 2. The molecule has 5 nitrogen and oxygen atoms in total. The van der Waals surface area contributed by atoms with Crippen LogP contribution in [0.25, 0.3) is 0 Å². The molecule has 0 amide bonds. The average Bonchev–Trinajstić information content (AvgIpc) is 2.35. The molecule has 0 saturated heterocycles. The third-order valence-corrected chi connectivity index (χ3v) is 2.46. The summed E-state index contributed by atoms with van der Waals surface area (Å²) in [5.74, 6) is 0.820. The fourth-order valence-electron chi connectivity index (χ4n) is 1.60. The fourth-order valence-corrected chi connectivity index (χ4v) is 1.60. The summed E-state index contributed by atoms with van der Waals surface area (Å²) in [6.07, 6.45) is 2.69. The molecule has 1 rings (SSSR count). The third-order valence-electron chi connectivity index (χ3n) is 2.46. The van der Waals surface area contributed by atoms with Crippen LogP contribution in [0.3, 0.4) is 0 Å². The number of hydrogen-bond donors (Lipinski definition) is 1. The molecule has 17 heavy (non-hydrogen) atoms. The van der Waals surface area contributed by atoms with Crippen molar-refractivity contribution in [1.82, 2.24) is 4.98 Å². The van der Waals surface area contributed by atoms with Gasteiger partial charge in [-0.05, 0) is 18.6 Å². The number of rotatable bonds is 8. The maximum atomic E-state index is 5.92. The van der Waals surface area contributed by atoms with Crippen LogP contribution in [0.4, 0.5) is 11.5 Å². The van der Waals surface area contributed by atoms with Crippen molar-refractivity contribution >= 4 is 11.5 Å². The summed E-state index contributed by atoms with van der Waals surface area (Å²) in [5.41, 5.74) is 6.62. The maximum Gasteiger partial charge on any atom is 0.151 e. The Bertz CT molecular complexity index is 320. The predicted octanol–water partition coefficient (Wildman–Crippen LogP) is 1.15. The van der Waals surface area contributed by atoms with E-state index in [9.17, 15) is 0 Å². The van der Waals surface area contributed by atoms with Crippen molar-refractivity contribution in [2.24, 2.45) is 0 Å². The Kier molecular flexibility index (Phi) is 6.35. The van der Waals surface area contributed by atoms with Gasteiger partial charge in [-0.15, -0.1) is 0 Å². The highest BCUT2D eigenvalue weighted by Crippen LogP contribution is 2.18. The molecule has 5 heteroatoms. The Balaban J connectivity index is 2.64. The van der Waals surface area contributed by atoms with Crippen LogP contribution in [-0.4, -0.2) is 45.5 Å². The summed E-state index contributed by atoms with van der Waals surface area (Å²) in [7, 11) is 3.39. The normalized spacial score (nSPS) is 10.5. The van der Waals surface area contributed by atoms with Gasteiger partial charge >= 0.3 is 0 Å². The smallest absolute Gasteiger partial charge is 0.151 e. The fraction of sp³-hybridized carbons (Fsp3) is 0.583. The minimum absolute atomic E-state index is 0.656. The van der Waals surface area contributed by atoms with Gasteiger partial charge in [0.25, 0.3) is 0 Å². The second kappa shape index (κ2) is 7.86. The highest BCUT2D eigenvalue weighted by Gasteiger charge is 2.10. The van der Waals surface area contributed by atoms with Crippen LogP contribution in [-0.2, 0) is 9.47 Å². The first kappa shape index (κ1) is 13.7. The number of pyridine rings is 1. The van der Waals surface area contributed by atoms with E-state index < -0.39 is 0 Å². The van der Waals surface area contributed by atoms with Crippen LogP contribution in [0.2, 0.25) is 0 Å². The number of ether oxygens (including phenoxy) is 2. The third kappa shape index (κ3) is 4.58. The Morgan fingerprint density at radius 1 is 1.24 bits per heavy atom. The molecule has 2 N–H and O–H groups in total. The average molecular weight is 239 g/mol. The first-order chi connectivity index (χ1) is 8.29. The number of methoxy groups -OCH3 is 2. The van der Waals surface area contributed by atoms with Gasteiger partial charge in [-0.25, -0.2) is 4.98 Å². The van der Waals surface area contributed by atoms with Gasteiger partial charge in [0.1, 0.15) is 0 Å². The Hall–Kier alpha value is -1.33. The molecule has 1 heterocycles. The second-order valence-electron chi connectivity index (χ2n) is 3.74. The molecule has 1 aromatic heterocycles. The van der Waals surface area contributed by atoms with Gasteiger partial charge in [-0.2, -0.15) is 0 Å². The van der Waals surface area contributed by atoms with Crippen molar-refractivity contribution in [2.45, 2.75) is 6.42 Å². The summed E-state index contributed by atoms with van der Waals surface area (Å²) >= 11 is 0. The van der Waals surface area contributed by atoms with E-state index >= 15 is 0 Å². The highest BCUT2D eigenvalue weighted by molar-refractivity contribution is 5.62. The van der Waals surface area contributed by atoms with Crippen LogP contribution in [0.5, 0.6) is 0 Å². The van der Waals surface area contributed by atoms with Gasteiger partial charge in [0.15, 0.2) is 5.82 Å². The monoisotopic (exact) mass is 239 g/mol. The zero-order chi connectivity index (χ0) is 12.5. The molecule has 1 aromatic rings. The topological polar surface area (TPSA) is 60.6 Å². The van der Waals surface area contributed by atoms with Crippen molar-refractivity contribution < 1.29 is 9.47 Å². The maximum absolute atomic E-state index is 5.92. The van der Waals surface area contributed by atoms with Gasteiger partial charge in [0.2, 0.25) is 0 Å². The van der Waals surface area contributed by atoms with Gasteiger partial charge < -0.3 is 20.1 Å². The van der Waals surface area contributed by atoms with E-state index in [0.29, 0.717) is 12.3 Å². The molecule has 0 spiro atoms. The predicted molar refractivity (Wildman–Crippen MR) is 69.2 cm³/mol. The molecule has 0 unspecified atom stereocenters. The number of aromatic nitrogens is 1. The molecule has 0 aromatic carbocycles. The van der Waals surface area contributed by atoms with Crippen LogP contribution in [0.15, 0.2) is 18.3 Å². The van der Waals surface area contributed by atoms with Crippen molar-refractivity contribution in [3.05, 3.63) is 18.3 Å². The molecule has 0 aliphatic rings. The summed E-state index contributed by atoms with van der Waals surface area (Å²) in [6, 6.07) is 3.70. The molecule has 0 saturated carbocycles. The lowest BCUT2D eigenvalue weighted by Gasteiger charge is -2.24. The van der Waals surface area contributed by atoms with Crippen LogP contribution < -0.4 is 10.6 Å². The second-order valence-corrected chi connectivity index (χ2v) is 3.74. The number of nitrogens with zero attached hydrogens (tertiary/aromatic N) is 2. The number of hydrogen-bond acceptors (Lipinski definition) is 5. The van der Waals surface area contributed by atoms with E-state index in [2.05, 4.69) is 9.88 Å². The first-order valence-electron chi connectivity index (χ1n) is 5.73. The molecule has 0 fully saturated rings. The minimum Gasteiger partial charge on any atom is -0.396 e. The van der Waals surface area contributed by atoms with E-state index in [1.807, 2.05) is 12.1 Å². The van der Waals surface area contributed by atoms with E-state index in [-0.39, 0.29) is 0 Å². The Labute approximate surface area is 103 Å². The Morgan fingerprint density at radius 3 is 2.65 bits per heavy atom. The summed E-state index contributed by atoms with van der Waals surface area (Å²) in [5, 5.41) is 0. The molecule has 0 aliphatic carbocycles. The minimum atomic E-state index is 0.656. The van der Waals surface area contributed by atoms with Crippen LogP contribution in [0, 0.1) is 0 Å². The van der Waals surface area contributed by atoms with Gasteiger partial charge in [0.05, 0.1) is 12.3 Å². The Morgan fingerprint density at radius 2 is 2.00 bits per heavy atom. The standard InChI is InChI=1S/C12H21N3O2/c1-16-9-4-7-15(8-10-17-2)12-11(13)5-3-6-14-12/h3,5-6H,4,7-10,13H2,1-2H3. The van der Waals surface area contributed by atoms with Crippen molar-refractivity contribution in [3.8, 4) is 0 Å². The van der Waals surface area contributed by atoms with Gasteiger partial charge in [-0.1, -0.05) is 0 Å². The lowest BCUT2D eigenvalue weighted by Crippen LogP contribution is -2.30. The molecule has 0 aliphatic heterocycles. The van der Waals surface area contributed by atoms with E-state index in [1.165, 1.54) is 0 Å². The first-order valence-corrected chi connectivity index (χ1v) is 5.73. The number of nitrogen functional groups attached to an aromatic ring is 1. The van der Waals surface area contributed by atoms with Crippen molar-refractivity contribution in [3.63, 3.8) is 0 Å². The van der Waals surface area contributed by atoms with E-state index in [1.54, 1.807) is 20.4 Å². The summed E-state index contributed by atoms with van der Waals surface area (Å²) < 4.78 is 10.2. The lowest BCUT2D eigenvalue weighted by molar-refractivity contribution is 0.191. The molecular formula is C12H21N3O2. The highest BCUT2D eigenvalue weighted by atomic mass is 16.5. The SMILES string of the molecule is COCCCN(CCOC)c1ncccc1N. The van der Waals surface area contributed by atoms with Gasteiger partial charge in [-0.3, -0.25) is 0 Å². The molecular weight excluding hydrogens is 218 g/mol. The zero-order valence-corrected chi connectivity index (χ0v) is 10.6. The van der Waals surface area contributed by atoms with E-state index in [0.717, 1.165) is 31.9 Å². The molecule has 0 bridgehead atoms.